The standard InChI is InChI=1S/C25H32O8/c1-7-9-16(26)18-22(30)14(20(28)12(3)24(18)32-5)11-15-21(29)13(4)25(33-6)19(23(15)31)17(27)10-8-2/h28-31H,7-11H2,1-6H3. The van der Waals surface area contributed by atoms with Gasteiger partial charge in [0.25, 0.3) is 0 Å². The van der Waals surface area contributed by atoms with Crippen LogP contribution in [0.5, 0.6) is 34.5 Å². The summed E-state index contributed by atoms with van der Waals surface area (Å²) in [6.45, 7) is 6.71. The zero-order valence-corrected chi connectivity index (χ0v) is 20.0. The van der Waals surface area contributed by atoms with E-state index in [1.807, 2.05) is 13.8 Å². The topological polar surface area (TPSA) is 134 Å². The van der Waals surface area contributed by atoms with Crippen molar-refractivity contribution in [1.82, 2.24) is 0 Å². The molecule has 0 amide bonds. The van der Waals surface area contributed by atoms with Gasteiger partial charge in [-0.1, -0.05) is 13.8 Å². The highest BCUT2D eigenvalue weighted by atomic mass is 16.5. The number of phenols is 4. The average molecular weight is 461 g/mol. The van der Waals surface area contributed by atoms with Gasteiger partial charge in [0.1, 0.15) is 45.6 Å². The van der Waals surface area contributed by atoms with E-state index in [2.05, 4.69) is 0 Å². The Balaban J connectivity index is 2.83. The summed E-state index contributed by atoms with van der Waals surface area (Å²) in [7, 11) is 2.67. The quantitative estimate of drug-likeness (QED) is 0.375. The highest BCUT2D eigenvalue weighted by molar-refractivity contribution is 6.03. The molecule has 2 aromatic rings. The molecule has 0 bridgehead atoms. The van der Waals surface area contributed by atoms with Gasteiger partial charge in [-0.05, 0) is 26.7 Å². The van der Waals surface area contributed by atoms with Crippen molar-refractivity contribution in [1.29, 1.82) is 0 Å². The summed E-state index contributed by atoms with van der Waals surface area (Å²) in [5, 5.41) is 43.5. The van der Waals surface area contributed by atoms with E-state index >= 15 is 0 Å². The van der Waals surface area contributed by atoms with Crippen LogP contribution >= 0.6 is 0 Å². The number of ether oxygens (including phenoxy) is 2. The molecule has 0 aliphatic heterocycles. The summed E-state index contributed by atoms with van der Waals surface area (Å²) in [5.41, 5.74) is 0.174. The van der Waals surface area contributed by atoms with Crippen molar-refractivity contribution in [3.8, 4) is 34.5 Å². The summed E-state index contributed by atoms with van der Waals surface area (Å²) < 4.78 is 10.6. The van der Waals surface area contributed by atoms with E-state index in [1.54, 1.807) is 0 Å². The molecule has 0 spiro atoms. The Labute approximate surface area is 193 Å². The van der Waals surface area contributed by atoms with Crippen molar-refractivity contribution in [3.05, 3.63) is 33.4 Å². The van der Waals surface area contributed by atoms with E-state index in [-0.39, 0.29) is 87.2 Å². The smallest absolute Gasteiger partial charge is 0.170 e. The molecule has 0 aliphatic rings. The molecule has 0 saturated heterocycles. The molecule has 0 atom stereocenters. The number of carbonyl (C=O) groups is 2. The van der Waals surface area contributed by atoms with E-state index in [4.69, 9.17) is 9.47 Å². The van der Waals surface area contributed by atoms with Crippen molar-refractivity contribution in [2.24, 2.45) is 0 Å². The summed E-state index contributed by atoms with van der Waals surface area (Å²) in [5.74, 6) is -2.29. The molecule has 180 valence electrons. The highest BCUT2D eigenvalue weighted by Gasteiger charge is 2.30. The van der Waals surface area contributed by atoms with Crippen molar-refractivity contribution >= 4 is 11.6 Å². The van der Waals surface area contributed by atoms with Gasteiger partial charge < -0.3 is 29.9 Å². The second-order valence-corrected chi connectivity index (χ2v) is 7.94. The van der Waals surface area contributed by atoms with Crippen LogP contribution in [0, 0.1) is 13.8 Å². The number of aromatic hydroxyl groups is 4. The van der Waals surface area contributed by atoms with Gasteiger partial charge in [0, 0.05) is 41.5 Å². The number of phenolic OH excluding ortho intramolecular Hbond substituents is 4. The largest absolute Gasteiger partial charge is 0.507 e. The minimum absolute atomic E-state index is 0.0605. The molecule has 0 aliphatic carbocycles. The zero-order valence-electron chi connectivity index (χ0n) is 20.0. The van der Waals surface area contributed by atoms with Gasteiger partial charge in [-0.3, -0.25) is 9.59 Å². The number of carbonyl (C=O) groups excluding carboxylic acids is 2. The number of Topliss-reactive ketones (excluding diaryl/α,β-unsaturated/α-hetero) is 2. The molecule has 4 N–H and O–H groups in total. The molecular weight excluding hydrogens is 428 g/mol. The third-order valence-corrected chi connectivity index (χ3v) is 5.74. The molecule has 2 rings (SSSR count). The van der Waals surface area contributed by atoms with Crippen LogP contribution in [0.2, 0.25) is 0 Å². The fourth-order valence-corrected chi connectivity index (χ4v) is 4.03. The summed E-state index contributed by atoms with van der Waals surface area (Å²) in [6, 6.07) is 0. The minimum Gasteiger partial charge on any atom is -0.507 e. The molecule has 0 fully saturated rings. The van der Waals surface area contributed by atoms with Gasteiger partial charge >= 0.3 is 0 Å². The van der Waals surface area contributed by atoms with Crippen molar-refractivity contribution in [2.45, 2.75) is 59.8 Å². The van der Waals surface area contributed by atoms with E-state index < -0.39 is 11.5 Å². The molecule has 0 saturated carbocycles. The van der Waals surface area contributed by atoms with Gasteiger partial charge in [-0.25, -0.2) is 0 Å². The number of methoxy groups -OCH3 is 2. The lowest BCUT2D eigenvalue weighted by molar-refractivity contribution is 0.0967. The molecule has 2 aromatic carbocycles. The SMILES string of the molecule is CCCC(=O)c1c(O)c(Cc2c(O)c(C)c(OC)c(C(=O)CCC)c2O)c(O)c(C)c1OC. The van der Waals surface area contributed by atoms with E-state index in [1.165, 1.54) is 28.1 Å². The third kappa shape index (κ3) is 4.55. The molecule has 0 radical (unpaired) electrons. The molecule has 0 aromatic heterocycles. The Hall–Kier alpha value is -3.42. The van der Waals surface area contributed by atoms with Gasteiger partial charge in [-0.15, -0.1) is 0 Å². The van der Waals surface area contributed by atoms with Crippen molar-refractivity contribution in [2.75, 3.05) is 14.2 Å². The Morgan fingerprint density at radius 2 is 1.00 bits per heavy atom. The lowest BCUT2D eigenvalue weighted by Gasteiger charge is -2.21. The van der Waals surface area contributed by atoms with Gasteiger partial charge in [0.05, 0.1) is 14.2 Å². The predicted octanol–water partition coefficient (Wildman–Crippen LogP) is 4.70. The van der Waals surface area contributed by atoms with E-state index in [0.717, 1.165) is 0 Å². The lowest BCUT2D eigenvalue weighted by Crippen LogP contribution is -2.09. The second kappa shape index (κ2) is 10.5. The summed E-state index contributed by atoms with van der Waals surface area (Å²) in [4.78, 5) is 25.4. The van der Waals surface area contributed by atoms with Gasteiger partial charge in [0.15, 0.2) is 11.6 Å². The maximum absolute atomic E-state index is 12.7. The first-order chi connectivity index (χ1) is 15.6. The maximum Gasteiger partial charge on any atom is 0.170 e. The third-order valence-electron chi connectivity index (χ3n) is 5.74. The Morgan fingerprint density at radius 1 is 0.667 bits per heavy atom. The fourth-order valence-electron chi connectivity index (χ4n) is 4.03. The van der Waals surface area contributed by atoms with Crippen LogP contribution in [0.25, 0.3) is 0 Å². The van der Waals surface area contributed by atoms with Crippen LogP contribution in [-0.2, 0) is 6.42 Å². The van der Waals surface area contributed by atoms with E-state index in [0.29, 0.717) is 12.8 Å². The van der Waals surface area contributed by atoms with Crippen LogP contribution in [0.15, 0.2) is 0 Å². The Bertz CT molecular complexity index is 1000. The van der Waals surface area contributed by atoms with Gasteiger partial charge in [-0.2, -0.15) is 0 Å². The van der Waals surface area contributed by atoms with Crippen LogP contribution in [-0.4, -0.2) is 46.2 Å². The summed E-state index contributed by atoms with van der Waals surface area (Å²) >= 11 is 0. The summed E-state index contributed by atoms with van der Waals surface area (Å²) in [6.07, 6.45) is 1.05. The van der Waals surface area contributed by atoms with Crippen molar-refractivity contribution in [3.63, 3.8) is 0 Å². The number of hydrogen-bond acceptors (Lipinski definition) is 8. The molecule has 0 unspecified atom stereocenters. The lowest BCUT2D eigenvalue weighted by atomic mass is 9.89. The predicted molar refractivity (Wildman–Crippen MR) is 123 cm³/mol. The first-order valence-corrected chi connectivity index (χ1v) is 10.9. The number of benzene rings is 2. The number of ketones is 2. The first kappa shape index (κ1) is 25.8. The maximum atomic E-state index is 12.7. The molecule has 33 heavy (non-hydrogen) atoms. The number of hydrogen-bond donors (Lipinski definition) is 4. The van der Waals surface area contributed by atoms with Crippen molar-refractivity contribution < 1.29 is 39.5 Å². The van der Waals surface area contributed by atoms with Crippen LogP contribution in [0.4, 0.5) is 0 Å². The van der Waals surface area contributed by atoms with E-state index in [9.17, 15) is 30.0 Å². The Morgan fingerprint density at radius 3 is 1.27 bits per heavy atom. The second-order valence-electron chi connectivity index (χ2n) is 7.94. The highest BCUT2D eigenvalue weighted by Crippen LogP contribution is 2.48. The molecule has 0 heterocycles. The fraction of sp³-hybridized carbons (Fsp3) is 0.440. The monoisotopic (exact) mass is 460 g/mol. The molecular formula is C25H32O8. The normalized spacial score (nSPS) is 10.8. The Kier molecular flexibility index (Phi) is 8.19. The van der Waals surface area contributed by atoms with Crippen LogP contribution in [0.1, 0.15) is 82.5 Å². The number of rotatable bonds is 10. The average Bonchev–Trinajstić information content (AvgIpc) is 2.77. The zero-order chi connectivity index (χ0) is 25.0. The van der Waals surface area contributed by atoms with Gasteiger partial charge in [0.2, 0.25) is 0 Å². The van der Waals surface area contributed by atoms with Crippen LogP contribution < -0.4 is 9.47 Å². The minimum atomic E-state index is -0.498. The first-order valence-electron chi connectivity index (χ1n) is 10.9. The molecule has 8 nitrogen and oxygen atoms in total. The van der Waals surface area contributed by atoms with Crippen LogP contribution in [0.3, 0.4) is 0 Å². The molecule has 8 heteroatoms.